The van der Waals surface area contributed by atoms with Crippen LogP contribution in [0.3, 0.4) is 0 Å². The quantitative estimate of drug-likeness (QED) is 0.651. The van der Waals surface area contributed by atoms with Gasteiger partial charge in [0.25, 0.3) is 0 Å². The summed E-state index contributed by atoms with van der Waals surface area (Å²) in [6.45, 7) is 2.75. The van der Waals surface area contributed by atoms with Crippen molar-refractivity contribution in [2.45, 2.75) is 13.0 Å². The summed E-state index contributed by atoms with van der Waals surface area (Å²) in [5, 5.41) is 20.6. The lowest BCUT2D eigenvalue weighted by Gasteiger charge is -2.24. The molecule has 1 aromatic heterocycles. The molecule has 3 heterocycles. The lowest BCUT2D eigenvalue weighted by atomic mass is 9.81. The van der Waals surface area contributed by atoms with Crippen LogP contribution in [0.4, 0.5) is 0 Å². The van der Waals surface area contributed by atoms with Crippen molar-refractivity contribution in [3.05, 3.63) is 6.33 Å². The Labute approximate surface area is 134 Å². The van der Waals surface area contributed by atoms with Crippen molar-refractivity contribution in [1.82, 2.24) is 29.4 Å². The molecular weight excluding hydrogens is 324 g/mol. The Kier molecular flexibility index (Phi) is 4.10. The van der Waals surface area contributed by atoms with Gasteiger partial charge >= 0.3 is 5.97 Å². The number of carboxylic acids is 1. The zero-order chi connectivity index (χ0) is 16.7. The molecule has 3 rings (SSSR count). The van der Waals surface area contributed by atoms with E-state index in [1.165, 1.54) is 4.31 Å². The number of hydrogen-bond donors (Lipinski definition) is 1. The van der Waals surface area contributed by atoms with Gasteiger partial charge in [0.1, 0.15) is 6.33 Å². The van der Waals surface area contributed by atoms with Gasteiger partial charge < -0.3 is 10.0 Å². The molecule has 2 fully saturated rings. The standard InChI is InChI=1S/C12H20N6O4S/c1-23(21,22)18-6-10-5-16(7-12(10,8-18)11(19)20)3-2-4-17-9-13-14-15-17/h9-10H,2-8H2,1H3,(H,19,20)/t10-,12-/m1/s1. The molecule has 2 saturated heterocycles. The van der Waals surface area contributed by atoms with E-state index in [0.717, 1.165) is 19.2 Å². The number of aliphatic carboxylic acids is 1. The third-order valence-electron chi connectivity index (χ3n) is 4.80. The molecule has 1 aromatic rings. The molecule has 0 spiro atoms. The highest BCUT2D eigenvalue weighted by atomic mass is 32.2. The van der Waals surface area contributed by atoms with Crippen LogP contribution in [-0.4, -0.2) is 87.9 Å². The molecule has 0 aromatic carbocycles. The summed E-state index contributed by atoms with van der Waals surface area (Å²) in [7, 11) is -3.35. The predicted octanol–water partition coefficient (Wildman–Crippen LogP) is -1.66. The van der Waals surface area contributed by atoms with Gasteiger partial charge in [-0.3, -0.25) is 4.79 Å². The van der Waals surface area contributed by atoms with E-state index in [9.17, 15) is 18.3 Å². The maximum Gasteiger partial charge on any atom is 0.312 e. The van der Waals surface area contributed by atoms with Crippen LogP contribution < -0.4 is 0 Å². The maximum absolute atomic E-state index is 11.8. The van der Waals surface area contributed by atoms with Gasteiger partial charge in [-0.1, -0.05) is 0 Å². The summed E-state index contributed by atoms with van der Waals surface area (Å²) in [5.41, 5.74) is -0.988. The molecule has 2 aliphatic rings. The molecular formula is C12H20N6O4S. The van der Waals surface area contributed by atoms with E-state index in [1.54, 1.807) is 11.0 Å². The summed E-state index contributed by atoms with van der Waals surface area (Å²) in [6.07, 6.45) is 3.48. The number of hydrogen-bond acceptors (Lipinski definition) is 7. The number of sulfonamides is 1. The van der Waals surface area contributed by atoms with E-state index in [2.05, 4.69) is 20.4 Å². The predicted molar refractivity (Wildman–Crippen MR) is 78.8 cm³/mol. The molecule has 2 aliphatic heterocycles. The molecule has 10 nitrogen and oxygen atoms in total. The van der Waals surface area contributed by atoms with Crippen molar-refractivity contribution in [3.63, 3.8) is 0 Å². The van der Waals surface area contributed by atoms with Crippen molar-refractivity contribution >= 4 is 16.0 Å². The average molecular weight is 344 g/mol. The first-order chi connectivity index (χ1) is 10.8. The van der Waals surface area contributed by atoms with Crippen LogP contribution in [-0.2, 0) is 21.4 Å². The summed E-state index contributed by atoms with van der Waals surface area (Å²) in [4.78, 5) is 13.9. The van der Waals surface area contributed by atoms with Gasteiger partial charge in [-0.05, 0) is 23.4 Å². The summed E-state index contributed by atoms with van der Waals surface area (Å²) < 4.78 is 26.4. The number of aromatic nitrogens is 4. The minimum Gasteiger partial charge on any atom is -0.481 e. The maximum atomic E-state index is 11.8. The molecule has 0 saturated carbocycles. The lowest BCUT2D eigenvalue weighted by Crippen LogP contribution is -2.42. The van der Waals surface area contributed by atoms with Gasteiger partial charge in [0.05, 0.1) is 11.7 Å². The first kappa shape index (κ1) is 16.3. The van der Waals surface area contributed by atoms with Gasteiger partial charge in [0.2, 0.25) is 10.0 Å². The molecule has 0 radical (unpaired) electrons. The highest BCUT2D eigenvalue weighted by molar-refractivity contribution is 7.88. The zero-order valence-corrected chi connectivity index (χ0v) is 13.7. The number of fused-ring (bicyclic) bond motifs is 1. The van der Waals surface area contributed by atoms with Crippen LogP contribution >= 0.6 is 0 Å². The number of aryl methyl sites for hydroxylation is 1. The van der Waals surface area contributed by atoms with E-state index >= 15 is 0 Å². The van der Waals surface area contributed by atoms with Gasteiger partial charge in [0.15, 0.2) is 0 Å². The fraction of sp³-hybridized carbons (Fsp3) is 0.833. The second-order valence-electron chi connectivity index (χ2n) is 6.38. The summed E-state index contributed by atoms with van der Waals surface area (Å²) in [5.74, 6) is -1.07. The Morgan fingerprint density at radius 1 is 1.35 bits per heavy atom. The third-order valence-corrected chi connectivity index (χ3v) is 6.01. The molecule has 11 heteroatoms. The molecule has 0 aliphatic carbocycles. The van der Waals surface area contributed by atoms with Crippen molar-refractivity contribution in [2.75, 3.05) is 39.0 Å². The molecule has 0 amide bonds. The monoisotopic (exact) mass is 344 g/mol. The number of tetrazole rings is 1. The summed E-state index contributed by atoms with van der Waals surface area (Å²) in [6, 6.07) is 0. The van der Waals surface area contributed by atoms with Crippen LogP contribution in [0.1, 0.15) is 6.42 Å². The topological polar surface area (TPSA) is 122 Å². The van der Waals surface area contributed by atoms with Crippen LogP contribution in [0.25, 0.3) is 0 Å². The van der Waals surface area contributed by atoms with E-state index in [0.29, 0.717) is 19.6 Å². The van der Waals surface area contributed by atoms with Gasteiger partial charge in [0, 0.05) is 38.6 Å². The van der Waals surface area contributed by atoms with Crippen LogP contribution in [0.15, 0.2) is 6.33 Å². The lowest BCUT2D eigenvalue weighted by molar-refractivity contribution is -0.148. The normalized spacial score (nSPS) is 29.0. The number of likely N-dealkylation sites (tertiary alicyclic amines) is 1. The first-order valence-electron chi connectivity index (χ1n) is 7.43. The number of nitrogens with zero attached hydrogens (tertiary/aromatic N) is 6. The molecule has 0 bridgehead atoms. The highest BCUT2D eigenvalue weighted by Gasteiger charge is 2.58. The van der Waals surface area contributed by atoms with Crippen molar-refractivity contribution < 1.29 is 18.3 Å². The Morgan fingerprint density at radius 2 is 2.13 bits per heavy atom. The summed E-state index contributed by atoms with van der Waals surface area (Å²) >= 11 is 0. The number of carbonyl (C=O) groups is 1. The average Bonchev–Trinajstić information content (AvgIpc) is 3.10. The third kappa shape index (κ3) is 3.08. The Bertz CT molecular complexity index is 678. The molecule has 2 atom stereocenters. The van der Waals surface area contributed by atoms with E-state index in [1.807, 2.05) is 0 Å². The molecule has 1 N–H and O–H groups in total. The highest BCUT2D eigenvalue weighted by Crippen LogP contribution is 2.43. The Morgan fingerprint density at radius 3 is 2.70 bits per heavy atom. The minimum absolute atomic E-state index is 0.0648. The molecule has 128 valence electrons. The fourth-order valence-electron chi connectivity index (χ4n) is 3.59. The molecule has 0 unspecified atom stereocenters. The van der Waals surface area contributed by atoms with Gasteiger partial charge in [-0.2, -0.15) is 0 Å². The fourth-order valence-corrected chi connectivity index (χ4v) is 4.50. The van der Waals surface area contributed by atoms with Crippen molar-refractivity contribution in [3.8, 4) is 0 Å². The second-order valence-corrected chi connectivity index (χ2v) is 8.36. The SMILES string of the molecule is CS(=O)(=O)N1C[C@H]2CN(CCCn3cnnn3)C[C@@]2(C(=O)O)C1. The largest absolute Gasteiger partial charge is 0.481 e. The Hall–Kier alpha value is -1.59. The van der Waals surface area contributed by atoms with E-state index in [-0.39, 0.29) is 19.0 Å². The van der Waals surface area contributed by atoms with Gasteiger partial charge in [-0.25, -0.2) is 17.4 Å². The van der Waals surface area contributed by atoms with E-state index < -0.39 is 21.4 Å². The smallest absolute Gasteiger partial charge is 0.312 e. The van der Waals surface area contributed by atoms with Crippen molar-refractivity contribution in [1.29, 1.82) is 0 Å². The van der Waals surface area contributed by atoms with Crippen LogP contribution in [0.5, 0.6) is 0 Å². The first-order valence-corrected chi connectivity index (χ1v) is 9.28. The number of rotatable bonds is 6. The molecule has 23 heavy (non-hydrogen) atoms. The van der Waals surface area contributed by atoms with Crippen molar-refractivity contribution in [2.24, 2.45) is 11.3 Å². The van der Waals surface area contributed by atoms with Crippen LogP contribution in [0, 0.1) is 11.3 Å². The van der Waals surface area contributed by atoms with Gasteiger partial charge in [-0.15, -0.1) is 5.10 Å². The van der Waals surface area contributed by atoms with Crippen LogP contribution in [0.2, 0.25) is 0 Å². The number of carboxylic acid groups (broad SMARTS) is 1. The minimum atomic E-state index is -3.35. The van der Waals surface area contributed by atoms with E-state index in [4.69, 9.17) is 0 Å². The zero-order valence-electron chi connectivity index (χ0n) is 12.9. The second kappa shape index (κ2) is 5.80. The Balaban J connectivity index is 1.61.